The van der Waals surface area contributed by atoms with Gasteiger partial charge in [-0.15, -0.1) is 0 Å². The first-order valence-corrected chi connectivity index (χ1v) is 17.9. The van der Waals surface area contributed by atoms with Crippen molar-refractivity contribution >= 4 is 5.91 Å². The third-order valence-corrected chi connectivity index (χ3v) is 8.10. The molecule has 9 heteroatoms. The summed E-state index contributed by atoms with van der Waals surface area (Å²) >= 11 is 0. The van der Waals surface area contributed by atoms with E-state index in [1.807, 2.05) is 6.08 Å². The van der Waals surface area contributed by atoms with E-state index in [2.05, 4.69) is 55.6 Å². The van der Waals surface area contributed by atoms with Gasteiger partial charge in [0.1, 0.15) is 24.4 Å². The summed E-state index contributed by atoms with van der Waals surface area (Å²) in [6.07, 6.45) is 25.9. The van der Waals surface area contributed by atoms with E-state index in [4.69, 9.17) is 9.47 Å². The first-order valence-electron chi connectivity index (χ1n) is 17.9. The topological polar surface area (TPSA) is 149 Å². The number of allylic oxidation sites excluding steroid dienone is 7. The molecule has 7 unspecified atom stereocenters. The number of amides is 1. The molecule has 0 aromatic heterocycles. The number of aliphatic hydroxyl groups excluding tert-OH is 5. The Bertz CT molecular complexity index is 858. The van der Waals surface area contributed by atoms with Crippen LogP contribution in [0.3, 0.4) is 0 Å². The zero-order chi connectivity index (χ0) is 33.8. The van der Waals surface area contributed by atoms with E-state index in [0.29, 0.717) is 6.42 Å². The van der Waals surface area contributed by atoms with Crippen LogP contribution in [0.5, 0.6) is 0 Å². The second-order valence-corrected chi connectivity index (χ2v) is 12.3. The van der Waals surface area contributed by atoms with Crippen LogP contribution >= 0.6 is 0 Å². The van der Waals surface area contributed by atoms with Gasteiger partial charge in [0, 0.05) is 6.42 Å². The van der Waals surface area contributed by atoms with E-state index < -0.39 is 49.5 Å². The molecule has 0 saturated carbocycles. The van der Waals surface area contributed by atoms with Gasteiger partial charge in [-0.2, -0.15) is 0 Å². The maximum Gasteiger partial charge on any atom is 0.220 e. The van der Waals surface area contributed by atoms with Crippen molar-refractivity contribution in [3.8, 4) is 0 Å². The molecule has 0 bridgehead atoms. The molecule has 1 aliphatic rings. The molecule has 1 heterocycles. The van der Waals surface area contributed by atoms with Crippen molar-refractivity contribution in [2.75, 3.05) is 13.2 Å². The largest absolute Gasteiger partial charge is 0.394 e. The number of carbonyl (C=O) groups excluding carboxylic acids is 1. The van der Waals surface area contributed by atoms with E-state index in [1.165, 1.54) is 32.1 Å². The number of nitrogens with one attached hydrogen (secondary N) is 1. The molecule has 1 amide bonds. The fraction of sp³-hybridized carbons (Fsp3) is 0.757. The van der Waals surface area contributed by atoms with Gasteiger partial charge in [-0.1, -0.05) is 101 Å². The Morgan fingerprint density at radius 2 is 1.26 bits per heavy atom. The summed E-state index contributed by atoms with van der Waals surface area (Å²) in [7, 11) is 0. The van der Waals surface area contributed by atoms with Gasteiger partial charge in [-0.3, -0.25) is 4.79 Å². The van der Waals surface area contributed by atoms with Crippen molar-refractivity contribution in [1.29, 1.82) is 0 Å². The molecule has 1 aliphatic heterocycles. The molecular weight excluding hydrogens is 586 g/mol. The molecule has 0 aromatic carbocycles. The lowest BCUT2D eigenvalue weighted by molar-refractivity contribution is -0.302. The van der Waals surface area contributed by atoms with Crippen molar-refractivity contribution in [3.05, 3.63) is 48.6 Å². The summed E-state index contributed by atoms with van der Waals surface area (Å²) in [5.41, 5.74) is 0. The van der Waals surface area contributed by atoms with E-state index in [-0.39, 0.29) is 12.5 Å². The van der Waals surface area contributed by atoms with Gasteiger partial charge in [-0.05, 0) is 64.2 Å². The van der Waals surface area contributed by atoms with Gasteiger partial charge in [-0.25, -0.2) is 0 Å². The first-order chi connectivity index (χ1) is 22.3. The summed E-state index contributed by atoms with van der Waals surface area (Å²) in [5.74, 6) is -0.211. The predicted molar refractivity (Wildman–Crippen MR) is 184 cm³/mol. The first kappa shape index (κ1) is 42.2. The fourth-order valence-corrected chi connectivity index (χ4v) is 5.11. The molecule has 7 atom stereocenters. The number of aliphatic hydroxyl groups is 5. The van der Waals surface area contributed by atoms with Gasteiger partial charge < -0.3 is 40.3 Å². The molecular formula is C37H65NO8. The quantitative estimate of drug-likeness (QED) is 0.0501. The van der Waals surface area contributed by atoms with E-state index in [0.717, 1.165) is 70.6 Å². The van der Waals surface area contributed by atoms with Crippen LogP contribution in [0.1, 0.15) is 123 Å². The van der Waals surface area contributed by atoms with Gasteiger partial charge >= 0.3 is 0 Å². The Morgan fingerprint density at radius 3 is 1.87 bits per heavy atom. The lowest BCUT2D eigenvalue weighted by Crippen LogP contribution is -2.60. The molecule has 1 rings (SSSR count). The van der Waals surface area contributed by atoms with Gasteiger partial charge in [0.25, 0.3) is 0 Å². The van der Waals surface area contributed by atoms with Crippen molar-refractivity contribution in [3.63, 3.8) is 0 Å². The number of unbranched alkanes of at least 4 members (excludes halogenated alkanes) is 11. The van der Waals surface area contributed by atoms with Gasteiger partial charge in [0.15, 0.2) is 6.29 Å². The third kappa shape index (κ3) is 19.7. The lowest BCUT2D eigenvalue weighted by Gasteiger charge is -2.40. The zero-order valence-electron chi connectivity index (χ0n) is 28.6. The fourth-order valence-electron chi connectivity index (χ4n) is 5.11. The molecule has 46 heavy (non-hydrogen) atoms. The Hall–Kier alpha value is -1.85. The SMILES string of the molecule is CCCC/C=C\CCCCCCC(=O)NC(COC1OC(CO)C(O)C(O)C1O)C(O)/C=C/CC/C=C/CC/C=C/CCCCC. The summed E-state index contributed by atoms with van der Waals surface area (Å²) in [6.45, 7) is 3.61. The van der Waals surface area contributed by atoms with Crippen LogP contribution in [0, 0.1) is 0 Å². The van der Waals surface area contributed by atoms with Crippen LogP contribution in [0.15, 0.2) is 48.6 Å². The van der Waals surface area contributed by atoms with Gasteiger partial charge in [0.2, 0.25) is 5.91 Å². The minimum atomic E-state index is -1.57. The molecule has 0 radical (unpaired) electrons. The molecule has 0 aliphatic carbocycles. The maximum atomic E-state index is 12.8. The Morgan fingerprint density at radius 1 is 0.717 bits per heavy atom. The normalized spacial score (nSPS) is 23.7. The summed E-state index contributed by atoms with van der Waals surface area (Å²) in [4.78, 5) is 12.8. The highest BCUT2D eigenvalue weighted by atomic mass is 16.7. The van der Waals surface area contributed by atoms with Crippen LogP contribution in [-0.4, -0.2) is 87.5 Å². The molecule has 0 aromatic rings. The Balaban J connectivity index is 2.56. The number of rotatable bonds is 27. The second-order valence-electron chi connectivity index (χ2n) is 12.3. The molecule has 1 saturated heterocycles. The lowest BCUT2D eigenvalue weighted by atomic mass is 9.99. The monoisotopic (exact) mass is 651 g/mol. The Labute approximate surface area is 278 Å². The molecule has 6 N–H and O–H groups in total. The molecule has 266 valence electrons. The van der Waals surface area contributed by atoms with Crippen LogP contribution in [-0.2, 0) is 14.3 Å². The summed E-state index contributed by atoms with van der Waals surface area (Å²) < 4.78 is 11.1. The van der Waals surface area contributed by atoms with Crippen LogP contribution in [0.4, 0.5) is 0 Å². The predicted octanol–water partition coefficient (Wildman–Crippen LogP) is 5.54. The van der Waals surface area contributed by atoms with E-state index in [1.54, 1.807) is 6.08 Å². The summed E-state index contributed by atoms with van der Waals surface area (Å²) in [5, 5.41) is 53.7. The van der Waals surface area contributed by atoms with E-state index >= 15 is 0 Å². The van der Waals surface area contributed by atoms with Gasteiger partial charge in [0.05, 0.1) is 25.4 Å². The van der Waals surface area contributed by atoms with E-state index in [9.17, 15) is 30.3 Å². The molecule has 0 spiro atoms. The van der Waals surface area contributed by atoms with Crippen molar-refractivity contribution in [2.24, 2.45) is 0 Å². The smallest absolute Gasteiger partial charge is 0.220 e. The average molecular weight is 652 g/mol. The molecule has 9 nitrogen and oxygen atoms in total. The second kappa shape index (κ2) is 28.2. The minimum Gasteiger partial charge on any atom is -0.394 e. The molecule has 1 fully saturated rings. The Kier molecular flexibility index (Phi) is 25.8. The van der Waals surface area contributed by atoms with Crippen LogP contribution in [0.25, 0.3) is 0 Å². The van der Waals surface area contributed by atoms with Crippen molar-refractivity contribution in [2.45, 2.75) is 166 Å². The zero-order valence-corrected chi connectivity index (χ0v) is 28.6. The van der Waals surface area contributed by atoms with Crippen LogP contribution in [0.2, 0.25) is 0 Å². The average Bonchev–Trinajstić information content (AvgIpc) is 3.05. The number of carbonyl (C=O) groups is 1. The maximum absolute atomic E-state index is 12.8. The van der Waals surface area contributed by atoms with Crippen molar-refractivity contribution < 1.29 is 39.8 Å². The highest BCUT2D eigenvalue weighted by Crippen LogP contribution is 2.22. The highest BCUT2D eigenvalue weighted by molar-refractivity contribution is 5.76. The number of hydrogen-bond acceptors (Lipinski definition) is 8. The highest BCUT2D eigenvalue weighted by Gasteiger charge is 2.44. The minimum absolute atomic E-state index is 0.211. The number of ether oxygens (including phenoxy) is 2. The van der Waals surface area contributed by atoms with Crippen molar-refractivity contribution in [1.82, 2.24) is 5.32 Å². The standard InChI is InChI=1S/C37H65NO8/c1-3-5-7-9-11-13-15-16-17-18-20-22-24-26-31(40)30(29-45-37-36(44)35(43)34(42)32(28-39)46-37)38-33(41)27-25-23-21-19-14-12-10-8-6-4-2/h10-13,17-18,24,26,30-32,34-37,39-40,42-44H,3-9,14-16,19-23,25,27-29H2,1-2H3,(H,38,41)/b12-10-,13-11+,18-17+,26-24+. The van der Waals surface area contributed by atoms with Crippen LogP contribution < -0.4 is 5.32 Å². The number of hydrogen-bond donors (Lipinski definition) is 6. The third-order valence-electron chi connectivity index (χ3n) is 8.10. The summed E-state index contributed by atoms with van der Waals surface area (Å²) in [6, 6.07) is -0.830.